The molecule has 2 atom stereocenters. The third-order valence-electron chi connectivity index (χ3n) is 6.50. The number of alkyl halides is 1. The van der Waals surface area contributed by atoms with E-state index in [1.807, 2.05) is 0 Å². The molecule has 4 rings (SSSR count). The van der Waals surface area contributed by atoms with Gasteiger partial charge in [0.1, 0.15) is 6.04 Å². The maximum Gasteiger partial charge on any atom is 0.328 e. The summed E-state index contributed by atoms with van der Waals surface area (Å²) in [6.45, 7) is 1.73. The number of carbonyl (C=O) groups is 3. The average Bonchev–Trinajstić information content (AvgIpc) is 2.89. The molecule has 2 amide bonds. The number of hydrogen-bond donors (Lipinski definition) is 3. The lowest BCUT2D eigenvalue weighted by Gasteiger charge is -2.42. The van der Waals surface area contributed by atoms with E-state index in [0.29, 0.717) is 27.1 Å². The third kappa shape index (κ3) is 7.21. The molecule has 2 bridgehead atoms. The molecule has 0 unspecified atom stereocenters. The van der Waals surface area contributed by atoms with Crippen LogP contribution in [-0.4, -0.2) is 47.4 Å². The first-order valence-corrected chi connectivity index (χ1v) is 13.9. The normalized spacial score (nSPS) is 23.2. The molecule has 3 aliphatic rings. The number of esters is 1. The third-order valence-corrected chi connectivity index (χ3v) is 8.45. The molecule has 35 heavy (non-hydrogen) atoms. The van der Waals surface area contributed by atoms with E-state index in [2.05, 4.69) is 38.5 Å². The fourth-order valence-corrected chi connectivity index (χ4v) is 5.44. The van der Waals surface area contributed by atoms with Crippen molar-refractivity contribution in [3.63, 3.8) is 0 Å². The minimum atomic E-state index is -0.805. The molecular weight excluding hydrogens is 604 g/mol. The van der Waals surface area contributed by atoms with E-state index in [9.17, 15) is 14.4 Å². The van der Waals surface area contributed by atoms with Gasteiger partial charge in [0.2, 0.25) is 5.91 Å². The highest BCUT2D eigenvalue weighted by molar-refractivity contribution is 14.1. The second kappa shape index (κ2) is 13.1. The molecule has 1 saturated carbocycles. The Morgan fingerprint density at radius 3 is 2.34 bits per heavy atom. The van der Waals surface area contributed by atoms with Gasteiger partial charge in [0.15, 0.2) is 0 Å². The quantitative estimate of drug-likeness (QED) is 0.123. The van der Waals surface area contributed by atoms with Gasteiger partial charge >= 0.3 is 5.97 Å². The molecule has 190 valence electrons. The van der Waals surface area contributed by atoms with E-state index in [0.717, 1.165) is 31.2 Å². The van der Waals surface area contributed by atoms with Crippen LogP contribution in [0.2, 0.25) is 0 Å². The maximum atomic E-state index is 12.9. The lowest BCUT2D eigenvalue weighted by atomic mass is 9.76. The summed E-state index contributed by atoms with van der Waals surface area (Å²) in [4.78, 5) is 38.1. The summed E-state index contributed by atoms with van der Waals surface area (Å²) < 4.78 is 5.38. The monoisotopic (exact) mass is 633 g/mol. The van der Waals surface area contributed by atoms with Gasteiger partial charge in [-0.25, -0.2) is 4.79 Å². The standard InChI is InChI=1S/C25H30Cl2IN3O4/c1-3-18(26)21(19(27)13-28)23(32)30-17-8-4-14(5-9-17)12-20(25(34)35-2)31-24(33)22-15-6-10-16(29-22)11-7-15/h3-5,8-9,15-16,20,22,29H,6-7,10-13H2,1-2H3,(H,30,32)(H,31,33)/b18-3+,21-19-/t15?,16?,20-,22-/m0/s1. The molecule has 2 saturated heterocycles. The zero-order valence-corrected chi connectivity index (χ0v) is 23.4. The van der Waals surface area contributed by atoms with Gasteiger partial charge in [-0.15, -0.1) is 0 Å². The summed E-state index contributed by atoms with van der Waals surface area (Å²) in [5.74, 6) is -0.764. The summed E-state index contributed by atoms with van der Waals surface area (Å²) in [5.41, 5.74) is 1.59. The minimum absolute atomic E-state index is 0.161. The zero-order chi connectivity index (χ0) is 25.5. The fourth-order valence-electron chi connectivity index (χ4n) is 4.62. The molecule has 1 aromatic rings. The van der Waals surface area contributed by atoms with Gasteiger partial charge in [-0.2, -0.15) is 0 Å². The van der Waals surface area contributed by atoms with Crippen molar-refractivity contribution in [1.82, 2.24) is 10.6 Å². The number of benzene rings is 1. The summed E-state index contributed by atoms with van der Waals surface area (Å²) in [7, 11) is 1.31. The van der Waals surface area contributed by atoms with Crippen LogP contribution >= 0.6 is 45.8 Å². The number of amides is 2. The van der Waals surface area contributed by atoms with Crippen LogP contribution in [0, 0.1) is 5.92 Å². The second-order valence-corrected chi connectivity index (χ2v) is 10.4. The van der Waals surface area contributed by atoms with Crippen LogP contribution in [0.1, 0.15) is 38.2 Å². The SMILES string of the molecule is C/C=C(Cl)\C(C(=O)Nc1ccc(C[C@H](NC(=O)[C@H]2NC3CCC2CC3)C(=O)OC)cc1)=C(\Cl)CI. The van der Waals surface area contributed by atoms with Crippen molar-refractivity contribution in [3.05, 3.63) is 51.5 Å². The first-order chi connectivity index (χ1) is 16.8. The number of nitrogens with one attached hydrogen (secondary N) is 3. The zero-order valence-electron chi connectivity index (χ0n) is 19.7. The first-order valence-electron chi connectivity index (χ1n) is 11.6. The molecule has 7 nitrogen and oxygen atoms in total. The Bertz CT molecular complexity index is 1000. The number of ether oxygens (including phenoxy) is 1. The number of hydrogen-bond acceptors (Lipinski definition) is 5. The Labute approximate surface area is 229 Å². The van der Waals surface area contributed by atoms with Crippen molar-refractivity contribution >= 4 is 69.3 Å². The lowest BCUT2D eigenvalue weighted by molar-refractivity contribution is -0.145. The van der Waals surface area contributed by atoms with E-state index in [1.54, 1.807) is 37.3 Å². The Morgan fingerprint density at radius 1 is 1.17 bits per heavy atom. The van der Waals surface area contributed by atoms with Crippen LogP contribution in [0.5, 0.6) is 0 Å². The van der Waals surface area contributed by atoms with E-state index in [1.165, 1.54) is 7.11 Å². The van der Waals surface area contributed by atoms with Crippen LogP contribution in [0.3, 0.4) is 0 Å². The second-order valence-electron chi connectivity index (χ2n) is 8.75. The van der Waals surface area contributed by atoms with Crippen LogP contribution in [0.4, 0.5) is 5.69 Å². The van der Waals surface area contributed by atoms with Gasteiger partial charge < -0.3 is 20.7 Å². The van der Waals surface area contributed by atoms with Crippen LogP contribution in [0.25, 0.3) is 0 Å². The Balaban J connectivity index is 1.66. The largest absolute Gasteiger partial charge is 0.467 e. The molecule has 1 aliphatic carbocycles. The van der Waals surface area contributed by atoms with Crippen LogP contribution in [-0.2, 0) is 25.5 Å². The Morgan fingerprint density at radius 2 is 1.83 bits per heavy atom. The van der Waals surface area contributed by atoms with Crippen LogP contribution in [0.15, 0.2) is 46.0 Å². The molecule has 0 radical (unpaired) electrons. The van der Waals surface area contributed by atoms with Crippen LogP contribution < -0.4 is 16.0 Å². The maximum absolute atomic E-state index is 12.9. The predicted octanol–water partition coefficient (Wildman–Crippen LogP) is 4.43. The molecule has 10 heteroatoms. The van der Waals surface area contributed by atoms with Crippen molar-refractivity contribution in [3.8, 4) is 0 Å². The van der Waals surface area contributed by atoms with Crippen molar-refractivity contribution in [1.29, 1.82) is 0 Å². The van der Waals surface area contributed by atoms with E-state index in [4.69, 9.17) is 27.9 Å². The highest BCUT2D eigenvalue weighted by Crippen LogP contribution is 2.33. The topological polar surface area (TPSA) is 96.5 Å². The summed E-state index contributed by atoms with van der Waals surface area (Å²) in [6.07, 6.45) is 6.14. The van der Waals surface area contributed by atoms with E-state index < -0.39 is 17.9 Å². The van der Waals surface area contributed by atoms with Gasteiger partial charge in [0.25, 0.3) is 5.91 Å². The molecule has 2 heterocycles. The van der Waals surface area contributed by atoms with Crippen molar-refractivity contribution in [2.24, 2.45) is 5.92 Å². The molecule has 3 N–H and O–H groups in total. The number of methoxy groups -OCH3 is 1. The van der Waals surface area contributed by atoms with E-state index in [-0.39, 0.29) is 29.0 Å². The number of allylic oxidation sites excluding steroid dienone is 2. The fraction of sp³-hybridized carbons (Fsp3) is 0.480. The first kappa shape index (κ1) is 28.0. The minimum Gasteiger partial charge on any atom is -0.467 e. The number of rotatable bonds is 9. The lowest BCUT2D eigenvalue weighted by Crippen LogP contribution is -2.60. The number of halogens is 3. The van der Waals surface area contributed by atoms with Gasteiger partial charge in [-0.1, -0.05) is 64.0 Å². The number of piperidine rings is 2. The average molecular weight is 634 g/mol. The highest BCUT2D eigenvalue weighted by atomic mass is 127. The Kier molecular flexibility index (Phi) is 10.4. The van der Waals surface area contributed by atoms with Crippen molar-refractivity contribution < 1.29 is 19.1 Å². The summed E-state index contributed by atoms with van der Waals surface area (Å²) in [6, 6.07) is 6.33. The highest BCUT2D eigenvalue weighted by Gasteiger charge is 2.40. The number of fused-ring (bicyclic) bond motifs is 3. The number of anilines is 1. The molecule has 0 spiro atoms. The van der Waals surface area contributed by atoms with Crippen molar-refractivity contribution in [2.45, 2.75) is 57.2 Å². The molecule has 0 aromatic heterocycles. The molecule has 2 aliphatic heterocycles. The predicted molar refractivity (Wildman–Crippen MR) is 147 cm³/mol. The molecule has 1 aromatic carbocycles. The van der Waals surface area contributed by atoms with E-state index >= 15 is 0 Å². The van der Waals surface area contributed by atoms with Gasteiger partial charge in [-0.3, -0.25) is 9.59 Å². The number of carbonyl (C=O) groups excluding carboxylic acids is 3. The van der Waals surface area contributed by atoms with Gasteiger partial charge in [-0.05, 0) is 56.2 Å². The van der Waals surface area contributed by atoms with Gasteiger partial charge in [0, 0.05) is 27.6 Å². The van der Waals surface area contributed by atoms with Gasteiger partial charge in [0.05, 0.1) is 23.8 Å². The van der Waals surface area contributed by atoms with Crippen molar-refractivity contribution in [2.75, 3.05) is 16.9 Å². The summed E-state index contributed by atoms with van der Waals surface area (Å²) in [5, 5.41) is 9.72. The molecular formula is C25H30Cl2IN3O4. The summed E-state index contributed by atoms with van der Waals surface area (Å²) >= 11 is 14.5. The smallest absolute Gasteiger partial charge is 0.328 e. The molecule has 3 fully saturated rings. The Hall–Kier alpha value is -1.62.